The number of halogens is 1. The fourth-order valence-corrected chi connectivity index (χ4v) is 2.92. The summed E-state index contributed by atoms with van der Waals surface area (Å²) in [7, 11) is -3.28. The van der Waals surface area contributed by atoms with E-state index in [9.17, 15) is 8.42 Å². The molecule has 0 amide bonds. The highest BCUT2D eigenvalue weighted by molar-refractivity contribution is 7.87. The Labute approximate surface area is 98.0 Å². The predicted molar refractivity (Wildman–Crippen MR) is 63.2 cm³/mol. The molecule has 1 aliphatic heterocycles. The van der Waals surface area contributed by atoms with Crippen LogP contribution in [-0.4, -0.2) is 38.4 Å². The minimum atomic E-state index is -3.28. The topological polar surface area (TPSA) is 75.4 Å². The minimum Gasteiger partial charge on any atom is -0.327 e. The van der Waals surface area contributed by atoms with Gasteiger partial charge in [0.1, 0.15) is 0 Å². The van der Waals surface area contributed by atoms with E-state index in [1.54, 1.807) is 0 Å². The van der Waals surface area contributed by atoms with E-state index in [1.807, 2.05) is 6.92 Å². The van der Waals surface area contributed by atoms with Gasteiger partial charge in [-0.25, -0.2) is 4.72 Å². The Morgan fingerprint density at radius 1 is 1.53 bits per heavy atom. The molecule has 1 aliphatic rings. The zero-order chi connectivity index (χ0) is 10.6. The predicted octanol–water partition coefficient (Wildman–Crippen LogP) is 0.0757. The van der Waals surface area contributed by atoms with Crippen molar-refractivity contribution < 1.29 is 8.42 Å². The zero-order valence-electron chi connectivity index (χ0n) is 8.98. The SMILES string of the molecule is CCCNS(=O)(=O)N1CCCC(N)C1.Cl. The molecule has 0 spiro atoms. The average molecular weight is 258 g/mol. The fraction of sp³-hybridized carbons (Fsp3) is 1.00. The molecule has 5 nitrogen and oxygen atoms in total. The van der Waals surface area contributed by atoms with Crippen LogP contribution in [-0.2, 0) is 10.2 Å². The molecule has 92 valence electrons. The Morgan fingerprint density at radius 2 is 2.20 bits per heavy atom. The van der Waals surface area contributed by atoms with Gasteiger partial charge in [0.2, 0.25) is 0 Å². The van der Waals surface area contributed by atoms with Crippen LogP contribution in [0, 0.1) is 0 Å². The molecule has 0 aromatic heterocycles. The molecule has 1 rings (SSSR count). The van der Waals surface area contributed by atoms with Gasteiger partial charge in [0.25, 0.3) is 10.2 Å². The van der Waals surface area contributed by atoms with Gasteiger partial charge in [0, 0.05) is 25.7 Å². The summed E-state index contributed by atoms with van der Waals surface area (Å²) in [5.41, 5.74) is 5.72. The van der Waals surface area contributed by atoms with Gasteiger partial charge >= 0.3 is 0 Å². The molecule has 1 heterocycles. The molecule has 0 aromatic carbocycles. The highest BCUT2D eigenvalue weighted by atomic mass is 35.5. The average Bonchev–Trinajstić information content (AvgIpc) is 2.15. The quantitative estimate of drug-likeness (QED) is 0.749. The van der Waals surface area contributed by atoms with Gasteiger partial charge in [-0.15, -0.1) is 12.4 Å². The van der Waals surface area contributed by atoms with Crippen LogP contribution < -0.4 is 10.5 Å². The lowest BCUT2D eigenvalue weighted by atomic mass is 10.1. The number of hydrogen-bond acceptors (Lipinski definition) is 3. The van der Waals surface area contributed by atoms with Crippen LogP contribution >= 0.6 is 12.4 Å². The lowest BCUT2D eigenvalue weighted by Gasteiger charge is -2.29. The summed E-state index contributed by atoms with van der Waals surface area (Å²) in [6.45, 7) is 3.46. The Hall–Kier alpha value is 0.120. The van der Waals surface area contributed by atoms with Crippen molar-refractivity contribution in [2.45, 2.75) is 32.2 Å². The normalized spacial score (nSPS) is 23.5. The maximum absolute atomic E-state index is 11.6. The molecule has 0 saturated carbocycles. The van der Waals surface area contributed by atoms with Gasteiger partial charge in [-0.1, -0.05) is 6.92 Å². The highest BCUT2D eigenvalue weighted by Crippen LogP contribution is 2.11. The van der Waals surface area contributed by atoms with Crippen molar-refractivity contribution in [1.29, 1.82) is 0 Å². The van der Waals surface area contributed by atoms with Crippen molar-refractivity contribution in [3.63, 3.8) is 0 Å². The monoisotopic (exact) mass is 257 g/mol. The number of nitrogens with two attached hydrogens (primary N) is 1. The Balaban J connectivity index is 0.00000196. The van der Waals surface area contributed by atoms with Crippen LogP contribution in [0.2, 0.25) is 0 Å². The third kappa shape index (κ3) is 4.65. The van der Waals surface area contributed by atoms with Crippen molar-refractivity contribution in [3.8, 4) is 0 Å². The van der Waals surface area contributed by atoms with E-state index in [4.69, 9.17) is 5.73 Å². The second-order valence-electron chi connectivity index (χ2n) is 3.66. The Morgan fingerprint density at radius 3 is 2.73 bits per heavy atom. The van der Waals surface area contributed by atoms with Crippen LogP contribution in [0.3, 0.4) is 0 Å². The fourth-order valence-electron chi connectivity index (χ4n) is 1.51. The van der Waals surface area contributed by atoms with Gasteiger partial charge in [-0.05, 0) is 19.3 Å². The van der Waals surface area contributed by atoms with Gasteiger partial charge < -0.3 is 5.73 Å². The largest absolute Gasteiger partial charge is 0.327 e. The number of nitrogens with zero attached hydrogens (tertiary/aromatic N) is 1. The maximum Gasteiger partial charge on any atom is 0.279 e. The first kappa shape index (κ1) is 15.1. The lowest BCUT2D eigenvalue weighted by Crippen LogP contribution is -2.49. The van der Waals surface area contributed by atoms with Gasteiger partial charge in [-0.3, -0.25) is 0 Å². The molecule has 7 heteroatoms. The molecule has 3 N–H and O–H groups in total. The number of rotatable bonds is 4. The van der Waals surface area contributed by atoms with Crippen molar-refractivity contribution in [2.24, 2.45) is 5.73 Å². The number of nitrogens with one attached hydrogen (secondary N) is 1. The van der Waals surface area contributed by atoms with Gasteiger partial charge in [0.15, 0.2) is 0 Å². The summed E-state index contributed by atoms with van der Waals surface area (Å²) in [5, 5.41) is 0. The van der Waals surface area contributed by atoms with Crippen LogP contribution in [0.15, 0.2) is 0 Å². The molecule has 1 unspecified atom stereocenters. The first-order valence-corrected chi connectivity index (χ1v) is 6.50. The number of piperidine rings is 1. The van der Waals surface area contributed by atoms with E-state index in [0.717, 1.165) is 19.3 Å². The van der Waals surface area contributed by atoms with Crippen molar-refractivity contribution in [2.75, 3.05) is 19.6 Å². The standard InChI is InChI=1S/C8H19N3O2S.ClH/c1-2-5-10-14(12,13)11-6-3-4-8(9)7-11;/h8,10H,2-7,9H2,1H3;1H. The minimum absolute atomic E-state index is 0. The highest BCUT2D eigenvalue weighted by Gasteiger charge is 2.26. The summed E-state index contributed by atoms with van der Waals surface area (Å²) in [6.07, 6.45) is 2.58. The molecule has 0 aromatic rings. The summed E-state index contributed by atoms with van der Waals surface area (Å²) >= 11 is 0. The van der Waals surface area contributed by atoms with Crippen molar-refractivity contribution in [1.82, 2.24) is 9.03 Å². The van der Waals surface area contributed by atoms with E-state index in [0.29, 0.717) is 19.6 Å². The Bertz CT molecular complexity index is 271. The van der Waals surface area contributed by atoms with E-state index < -0.39 is 10.2 Å². The molecule has 1 atom stereocenters. The van der Waals surface area contributed by atoms with Crippen LogP contribution in [0.5, 0.6) is 0 Å². The molecule has 0 bridgehead atoms. The van der Waals surface area contributed by atoms with Crippen molar-refractivity contribution >= 4 is 22.6 Å². The maximum atomic E-state index is 11.6. The molecule has 0 radical (unpaired) electrons. The second kappa shape index (κ2) is 6.65. The van der Waals surface area contributed by atoms with Crippen LogP contribution in [0.4, 0.5) is 0 Å². The number of hydrogen-bond donors (Lipinski definition) is 2. The van der Waals surface area contributed by atoms with Crippen molar-refractivity contribution in [3.05, 3.63) is 0 Å². The summed E-state index contributed by atoms with van der Waals surface area (Å²) in [4.78, 5) is 0. The lowest BCUT2D eigenvalue weighted by molar-refractivity contribution is 0.312. The third-order valence-corrected chi connectivity index (χ3v) is 3.88. The van der Waals surface area contributed by atoms with Gasteiger partial charge in [-0.2, -0.15) is 12.7 Å². The molecule has 0 aliphatic carbocycles. The summed E-state index contributed by atoms with van der Waals surface area (Å²) in [5.74, 6) is 0. The zero-order valence-corrected chi connectivity index (χ0v) is 10.6. The third-order valence-electron chi connectivity index (χ3n) is 2.29. The summed E-state index contributed by atoms with van der Waals surface area (Å²) in [6, 6.07) is -0.0121. The summed E-state index contributed by atoms with van der Waals surface area (Å²) < 4.78 is 27.3. The Kier molecular flexibility index (Phi) is 6.70. The van der Waals surface area contributed by atoms with E-state index in [2.05, 4.69) is 4.72 Å². The van der Waals surface area contributed by atoms with E-state index >= 15 is 0 Å². The molecule has 15 heavy (non-hydrogen) atoms. The second-order valence-corrected chi connectivity index (χ2v) is 5.41. The first-order valence-electron chi connectivity index (χ1n) is 5.06. The first-order chi connectivity index (χ1) is 6.56. The smallest absolute Gasteiger partial charge is 0.279 e. The van der Waals surface area contributed by atoms with Crippen LogP contribution in [0.25, 0.3) is 0 Å². The molecular weight excluding hydrogens is 238 g/mol. The van der Waals surface area contributed by atoms with Gasteiger partial charge in [0.05, 0.1) is 0 Å². The molecular formula is C8H20ClN3O2S. The van der Waals surface area contributed by atoms with E-state index in [-0.39, 0.29) is 18.4 Å². The van der Waals surface area contributed by atoms with Crippen LogP contribution in [0.1, 0.15) is 26.2 Å². The van der Waals surface area contributed by atoms with E-state index in [1.165, 1.54) is 4.31 Å². The molecule has 1 saturated heterocycles. The molecule has 1 fully saturated rings.